The fraction of sp³-hybridized carbons (Fsp3) is 0. The van der Waals surface area contributed by atoms with Gasteiger partial charge in [0.05, 0.1) is 16.7 Å². The molecule has 0 N–H and O–H groups in total. The average molecular weight is 755 g/mol. The summed E-state index contributed by atoms with van der Waals surface area (Å²) in [6, 6.07) is 63.3. The highest BCUT2D eigenvalue weighted by Crippen LogP contribution is 2.42. The minimum atomic E-state index is 0.552. The quantitative estimate of drug-likeness (QED) is 0.179. The summed E-state index contributed by atoms with van der Waals surface area (Å²) in [6.45, 7) is 0. The highest BCUT2D eigenvalue weighted by Gasteiger charge is 2.23. The maximum absolute atomic E-state index is 6.60. The van der Waals surface area contributed by atoms with Crippen LogP contribution in [0.2, 0.25) is 0 Å². The van der Waals surface area contributed by atoms with Crippen LogP contribution in [0.15, 0.2) is 191 Å². The van der Waals surface area contributed by atoms with Gasteiger partial charge in [-0.15, -0.1) is 0 Å². The van der Waals surface area contributed by atoms with E-state index in [1.165, 1.54) is 10.8 Å². The molecule has 0 atom stereocenters. The first kappa shape index (κ1) is 32.0. The number of hydrogen-bond acceptors (Lipinski definition) is 5. The lowest BCUT2D eigenvalue weighted by atomic mass is 10.0. The van der Waals surface area contributed by atoms with Crippen LogP contribution in [0.1, 0.15) is 0 Å². The minimum Gasteiger partial charge on any atom is -0.456 e. The lowest BCUT2D eigenvalue weighted by Gasteiger charge is -2.15. The van der Waals surface area contributed by atoms with Crippen LogP contribution >= 0.6 is 0 Å². The van der Waals surface area contributed by atoms with Gasteiger partial charge < -0.3 is 13.4 Å². The highest BCUT2D eigenvalue weighted by atomic mass is 16.3. The number of aromatic nitrogens is 4. The van der Waals surface area contributed by atoms with E-state index in [1.54, 1.807) is 0 Å². The van der Waals surface area contributed by atoms with Crippen molar-refractivity contribution in [3.05, 3.63) is 182 Å². The molecular formula is C53H30N4O2. The van der Waals surface area contributed by atoms with Crippen molar-refractivity contribution in [2.75, 3.05) is 0 Å². The lowest BCUT2D eigenvalue weighted by molar-refractivity contribution is 0.668. The predicted molar refractivity (Wildman–Crippen MR) is 240 cm³/mol. The summed E-state index contributed by atoms with van der Waals surface area (Å²) in [5, 5.41) is 11.0. The van der Waals surface area contributed by atoms with Crippen molar-refractivity contribution in [1.29, 1.82) is 0 Å². The fourth-order valence-electron chi connectivity index (χ4n) is 9.07. The maximum atomic E-state index is 6.60. The Morgan fingerprint density at radius 3 is 1.69 bits per heavy atom. The molecule has 6 nitrogen and oxygen atoms in total. The zero-order valence-electron chi connectivity index (χ0n) is 31.4. The van der Waals surface area contributed by atoms with Crippen LogP contribution in [0.5, 0.6) is 0 Å². The molecule has 0 radical (unpaired) electrons. The summed E-state index contributed by atoms with van der Waals surface area (Å²) in [4.78, 5) is 16.0. The molecule has 0 aliphatic carbocycles. The molecular weight excluding hydrogens is 725 g/mol. The van der Waals surface area contributed by atoms with E-state index in [2.05, 4.69) is 150 Å². The van der Waals surface area contributed by atoms with Crippen LogP contribution in [-0.4, -0.2) is 19.5 Å². The Morgan fingerprint density at radius 2 is 0.898 bits per heavy atom. The fourth-order valence-corrected chi connectivity index (χ4v) is 9.07. The molecule has 9 aromatic carbocycles. The predicted octanol–water partition coefficient (Wildman–Crippen LogP) is 14.1. The van der Waals surface area contributed by atoms with E-state index in [1.807, 2.05) is 36.4 Å². The van der Waals surface area contributed by atoms with Gasteiger partial charge in [-0.2, -0.15) is 0 Å². The number of fused-ring (bicyclic) bond motifs is 11. The van der Waals surface area contributed by atoms with Crippen molar-refractivity contribution in [2.24, 2.45) is 0 Å². The van der Waals surface area contributed by atoms with Gasteiger partial charge in [-0.25, -0.2) is 15.0 Å². The number of rotatable bonds is 4. The molecule has 0 aliphatic rings. The van der Waals surface area contributed by atoms with Crippen molar-refractivity contribution in [3.63, 3.8) is 0 Å². The smallest absolute Gasteiger partial charge is 0.166 e. The van der Waals surface area contributed by atoms with Gasteiger partial charge in [0.25, 0.3) is 0 Å². The van der Waals surface area contributed by atoms with Gasteiger partial charge in [0.1, 0.15) is 22.3 Å². The molecule has 0 fully saturated rings. The average Bonchev–Trinajstić information content (AvgIpc) is 3.96. The Kier molecular flexibility index (Phi) is 6.63. The third-order valence-electron chi connectivity index (χ3n) is 11.8. The normalized spacial score (nSPS) is 12.1. The summed E-state index contributed by atoms with van der Waals surface area (Å²) in [5.41, 5.74) is 8.93. The third-order valence-corrected chi connectivity index (χ3v) is 11.8. The Hall–Kier alpha value is -8.09. The number of para-hydroxylation sites is 3. The van der Waals surface area contributed by atoms with Crippen molar-refractivity contribution in [1.82, 2.24) is 19.5 Å². The van der Waals surface area contributed by atoms with Crippen LogP contribution in [0.3, 0.4) is 0 Å². The molecule has 6 heteroatoms. The molecule has 13 aromatic rings. The van der Waals surface area contributed by atoms with Gasteiger partial charge >= 0.3 is 0 Å². The Balaban J connectivity index is 1.15. The first-order valence-electron chi connectivity index (χ1n) is 19.8. The molecule has 4 heterocycles. The number of hydrogen-bond donors (Lipinski definition) is 0. The summed E-state index contributed by atoms with van der Waals surface area (Å²) in [5.74, 6) is 1.69. The van der Waals surface area contributed by atoms with Gasteiger partial charge in [0, 0.05) is 55.1 Å². The van der Waals surface area contributed by atoms with Crippen molar-refractivity contribution in [3.8, 4) is 39.9 Å². The van der Waals surface area contributed by atoms with E-state index >= 15 is 0 Å². The van der Waals surface area contributed by atoms with E-state index in [4.69, 9.17) is 23.8 Å². The van der Waals surface area contributed by atoms with Crippen LogP contribution in [0.4, 0.5) is 0 Å². The van der Waals surface area contributed by atoms with Gasteiger partial charge in [-0.3, -0.25) is 0 Å². The Morgan fingerprint density at radius 1 is 0.322 bits per heavy atom. The molecule has 0 unspecified atom stereocenters. The molecule has 0 saturated heterocycles. The number of nitrogens with zero attached hydrogens (tertiary/aromatic N) is 4. The van der Waals surface area contributed by atoms with Crippen molar-refractivity contribution < 1.29 is 8.83 Å². The first-order chi connectivity index (χ1) is 29.2. The minimum absolute atomic E-state index is 0.552. The molecule has 0 bridgehead atoms. The topological polar surface area (TPSA) is 69.9 Å². The number of benzene rings is 9. The van der Waals surface area contributed by atoms with Crippen molar-refractivity contribution in [2.45, 2.75) is 0 Å². The van der Waals surface area contributed by atoms with E-state index in [-0.39, 0.29) is 0 Å². The Labute approximate surface area is 336 Å². The summed E-state index contributed by atoms with van der Waals surface area (Å²) in [6.07, 6.45) is 0. The zero-order valence-corrected chi connectivity index (χ0v) is 31.4. The molecule has 0 amide bonds. The second kappa shape index (κ2) is 12.2. The molecule has 4 aromatic heterocycles. The zero-order chi connectivity index (χ0) is 38.6. The van der Waals surface area contributed by atoms with Gasteiger partial charge in [0.15, 0.2) is 17.5 Å². The summed E-state index contributed by atoms with van der Waals surface area (Å²) < 4.78 is 15.3. The highest BCUT2D eigenvalue weighted by molar-refractivity contribution is 6.15. The Bertz CT molecular complexity index is 3870. The summed E-state index contributed by atoms with van der Waals surface area (Å²) in [7, 11) is 0. The van der Waals surface area contributed by atoms with Gasteiger partial charge in [-0.05, 0) is 70.1 Å². The summed E-state index contributed by atoms with van der Waals surface area (Å²) >= 11 is 0. The molecule has 13 rings (SSSR count). The van der Waals surface area contributed by atoms with E-state index in [0.29, 0.717) is 17.5 Å². The molecule has 0 saturated carbocycles. The largest absolute Gasteiger partial charge is 0.456 e. The molecule has 59 heavy (non-hydrogen) atoms. The SMILES string of the molecule is c1ccc2cc3c(cc2c1)c1ccccc1n3-c1cc2oc3ccccc3c2cc1-c1nc(-c2ccc3c(c2)oc2ccccc23)nc(-c2cccc3ccccc23)n1. The van der Waals surface area contributed by atoms with E-state index in [9.17, 15) is 0 Å². The van der Waals surface area contributed by atoms with E-state index in [0.717, 1.165) is 98.8 Å². The number of furan rings is 2. The standard InChI is InChI=1S/C53H30N4O2/c1-2-14-33-27-45-41(26-32(33)13-1)36-17-5-8-21-44(36)57(45)46-30-50-42(38-19-7-10-23-48(38)59-50)29-43(46)53-55-51(34-24-25-39-37-18-6-9-22-47(37)58-49(39)28-34)54-52(56-53)40-20-11-15-31-12-3-4-16-35(31)40/h1-30H. The lowest BCUT2D eigenvalue weighted by Crippen LogP contribution is -2.04. The third kappa shape index (κ3) is 4.84. The molecule has 0 spiro atoms. The second-order valence-corrected chi connectivity index (χ2v) is 15.2. The van der Waals surface area contributed by atoms with Crippen molar-refractivity contribution >= 4 is 87.2 Å². The first-order valence-corrected chi connectivity index (χ1v) is 19.8. The van der Waals surface area contributed by atoms with Crippen LogP contribution in [0.25, 0.3) is 127 Å². The van der Waals surface area contributed by atoms with Crippen LogP contribution in [-0.2, 0) is 0 Å². The second-order valence-electron chi connectivity index (χ2n) is 15.2. The molecule has 0 aliphatic heterocycles. The van der Waals surface area contributed by atoms with Gasteiger partial charge in [-0.1, -0.05) is 127 Å². The van der Waals surface area contributed by atoms with Crippen LogP contribution in [0, 0.1) is 0 Å². The van der Waals surface area contributed by atoms with Crippen LogP contribution < -0.4 is 0 Å². The molecule has 274 valence electrons. The monoisotopic (exact) mass is 754 g/mol. The maximum Gasteiger partial charge on any atom is 0.166 e. The van der Waals surface area contributed by atoms with Gasteiger partial charge in [0.2, 0.25) is 0 Å². The van der Waals surface area contributed by atoms with E-state index < -0.39 is 0 Å².